The molecule has 1 aromatic rings. The molecule has 76 valence electrons. The van der Waals surface area contributed by atoms with E-state index in [1.807, 2.05) is 20.8 Å². The number of carbonyl (C=O) groups is 1. The molecule has 0 aliphatic carbocycles. The second kappa shape index (κ2) is 3.62. The zero-order valence-corrected chi connectivity index (χ0v) is 9.62. The third kappa shape index (κ3) is 1.50. The average Bonchev–Trinajstić information content (AvgIpc) is 2.11. The molecule has 0 aliphatic rings. The van der Waals surface area contributed by atoms with Crippen LogP contribution in [0.3, 0.4) is 0 Å². The standard InChI is InChI=1S/C11H14ClNO/c1-5-6(2)11(13)9(8(4)14)7(3)10(5)12/h13H2,1-4H3. The molecule has 0 saturated heterocycles. The van der Waals surface area contributed by atoms with Crippen LogP contribution in [-0.4, -0.2) is 5.78 Å². The summed E-state index contributed by atoms with van der Waals surface area (Å²) in [7, 11) is 0. The molecule has 0 bridgehead atoms. The van der Waals surface area contributed by atoms with Crippen molar-refractivity contribution in [2.24, 2.45) is 0 Å². The highest BCUT2D eigenvalue weighted by atomic mass is 35.5. The Bertz CT molecular complexity index is 381. The first-order valence-electron chi connectivity index (χ1n) is 4.43. The van der Waals surface area contributed by atoms with Crippen LogP contribution in [0.5, 0.6) is 0 Å². The number of ketones is 1. The predicted molar refractivity (Wildman–Crippen MR) is 60.1 cm³/mol. The monoisotopic (exact) mass is 211 g/mol. The van der Waals surface area contributed by atoms with Crippen LogP contribution in [0.4, 0.5) is 5.69 Å². The summed E-state index contributed by atoms with van der Waals surface area (Å²) in [5.41, 5.74) is 9.60. The first kappa shape index (κ1) is 11.1. The summed E-state index contributed by atoms with van der Waals surface area (Å²) in [5.74, 6) is -0.0370. The van der Waals surface area contributed by atoms with Crippen LogP contribution in [0.15, 0.2) is 0 Å². The van der Waals surface area contributed by atoms with Gasteiger partial charge in [-0.25, -0.2) is 0 Å². The van der Waals surface area contributed by atoms with Crippen molar-refractivity contribution in [1.29, 1.82) is 0 Å². The van der Waals surface area contributed by atoms with E-state index in [4.69, 9.17) is 17.3 Å². The highest BCUT2D eigenvalue weighted by Crippen LogP contribution is 2.32. The fourth-order valence-electron chi connectivity index (χ4n) is 1.60. The number of anilines is 1. The number of carbonyl (C=O) groups excluding carboxylic acids is 1. The maximum Gasteiger partial charge on any atom is 0.162 e. The summed E-state index contributed by atoms with van der Waals surface area (Å²) in [6.45, 7) is 7.11. The quantitative estimate of drug-likeness (QED) is 0.573. The van der Waals surface area contributed by atoms with Crippen LogP contribution < -0.4 is 5.73 Å². The normalized spacial score (nSPS) is 10.4. The fourth-order valence-corrected chi connectivity index (χ4v) is 1.84. The molecule has 0 radical (unpaired) electrons. The number of Topliss-reactive ketones (excluding diaryl/α,β-unsaturated/α-hetero) is 1. The summed E-state index contributed by atoms with van der Waals surface area (Å²) in [6.07, 6.45) is 0. The molecule has 2 nitrogen and oxygen atoms in total. The molecule has 1 rings (SSSR count). The van der Waals surface area contributed by atoms with E-state index in [0.29, 0.717) is 16.3 Å². The molecule has 0 fully saturated rings. The molecule has 2 N–H and O–H groups in total. The van der Waals surface area contributed by atoms with Crippen LogP contribution in [0, 0.1) is 20.8 Å². The number of nitrogen functional groups attached to an aromatic ring is 1. The lowest BCUT2D eigenvalue weighted by molar-refractivity contribution is 0.101. The molecule has 0 amide bonds. The molecule has 0 aromatic heterocycles. The summed E-state index contributed by atoms with van der Waals surface area (Å²) < 4.78 is 0. The van der Waals surface area contributed by atoms with Gasteiger partial charge in [0.2, 0.25) is 0 Å². The highest BCUT2D eigenvalue weighted by molar-refractivity contribution is 6.33. The second-order valence-corrected chi connectivity index (χ2v) is 3.91. The van der Waals surface area contributed by atoms with Crippen molar-refractivity contribution in [2.75, 3.05) is 5.73 Å². The van der Waals surface area contributed by atoms with Gasteiger partial charge in [0.15, 0.2) is 5.78 Å². The lowest BCUT2D eigenvalue weighted by atomic mass is 9.96. The smallest absolute Gasteiger partial charge is 0.162 e. The van der Waals surface area contributed by atoms with E-state index in [1.54, 1.807) is 0 Å². The maximum absolute atomic E-state index is 11.4. The van der Waals surface area contributed by atoms with Gasteiger partial charge >= 0.3 is 0 Å². The molecule has 0 heterocycles. The van der Waals surface area contributed by atoms with Gasteiger partial charge in [-0.1, -0.05) is 11.6 Å². The van der Waals surface area contributed by atoms with Gasteiger partial charge in [0, 0.05) is 16.3 Å². The Morgan fingerprint density at radius 2 is 1.64 bits per heavy atom. The fraction of sp³-hybridized carbons (Fsp3) is 0.364. The van der Waals surface area contributed by atoms with Gasteiger partial charge in [-0.3, -0.25) is 4.79 Å². The average molecular weight is 212 g/mol. The minimum Gasteiger partial charge on any atom is -0.398 e. The van der Waals surface area contributed by atoms with Gasteiger partial charge in [0.25, 0.3) is 0 Å². The Morgan fingerprint density at radius 1 is 1.14 bits per heavy atom. The van der Waals surface area contributed by atoms with E-state index in [9.17, 15) is 4.79 Å². The Morgan fingerprint density at radius 3 is 2.07 bits per heavy atom. The highest BCUT2D eigenvalue weighted by Gasteiger charge is 2.16. The Hall–Kier alpha value is -1.02. The van der Waals surface area contributed by atoms with E-state index < -0.39 is 0 Å². The van der Waals surface area contributed by atoms with Crippen LogP contribution in [0.25, 0.3) is 0 Å². The molecule has 0 spiro atoms. The molecular weight excluding hydrogens is 198 g/mol. The molecule has 0 unspecified atom stereocenters. The van der Waals surface area contributed by atoms with Crippen molar-refractivity contribution in [3.8, 4) is 0 Å². The molecule has 0 saturated carbocycles. The third-order valence-corrected chi connectivity index (χ3v) is 3.19. The molecule has 1 aromatic carbocycles. The second-order valence-electron chi connectivity index (χ2n) is 3.53. The lowest BCUT2D eigenvalue weighted by Crippen LogP contribution is -2.07. The zero-order chi connectivity index (χ0) is 11.0. The molecule has 3 heteroatoms. The van der Waals surface area contributed by atoms with E-state index >= 15 is 0 Å². The van der Waals surface area contributed by atoms with Crippen LogP contribution in [0.2, 0.25) is 5.02 Å². The van der Waals surface area contributed by atoms with Crippen molar-refractivity contribution >= 4 is 23.1 Å². The van der Waals surface area contributed by atoms with Crippen LogP contribution in [-0.2, 0) is 0 Å². The van der Waals surface area contributed by atoms with Gasteiger partial charge in [0.05, 0.1) is 0 Å². The number of benzene rings is 1. The van der Waals surface area contributed by atoms with Crippen LogP contribution in [0.1, 0.15) is 34.0 Å². The number of nitrogens with two attached hydrogens (primary N) is 1. The number of hydrogen-bond acceptors (Lipinski definition) is 2. The van der Waals surface area contributed by atoms with Gasteiger partial charge < -0.3 is 5.73 Å². The van der Waals surface area contributed by atoms with E-state index in [0.717, 1.165) is 16.7 Å². The topological polar surface area (TPSA) is 43.1 Å². The first-order valence-corrected chi connectivity index (χ1v) is 4.81. The van der Waals surface area contributed by atoms with Crippen molar-refractivity contribution in [2.45, 2.75) is 27.7 Å². The summed E-state index contributed by atoms with van der Waals surface area (Å²) in [5, 5.41) is 0.641. The molecule has 14 heavy (non-hydrogen) atoms. The summed E-state index contributed by atoms with van der Waals surface area (Å²) in [6, 6.07) is 0. The minimum atomic E-state index is -0.0370. The Kier molecular flexibility index (Phi) is 2.86. The third-order valence-electron chi connectivity index (χ3n) is 2.62. The van der Waals surface area contributed by atoms with Crippen LogP contribution >= 0.6 is 11.6 Å². The largest absolute Gasteiger partial charge is 0.398 e. The Labute approximate surface area is 89.1 Å². The summed E-state index contributed by atoms with van der Waals surface area (Å²) >= 11 is 6.10. The number of halogens is 1. The number of rotatable bonds is 1. The Balaban J connectivity index is 3.68. The van der Waals surface area contributed by atoms with E-state index in [1.165, 1.54) is 6.92 Å². The van der Waals surface area contributed by atoms with Crippen molar-refractivity contribution in [3.05, 3.63) is 27.3 Å². The van der Waals surface area contributed by atoms with Crippen molar-refractivity contribution in [1.82, 2.24) is 0 Å². The van der Waals surface area contributed by atoms with Gasteiger partial charge in [-0.05, 0) is 44.4 Å². The van der Waals surface area contributed by atoms with E-state index in [-0.39, 0.29) is 5.78 Å². The zero-order valence-electron chi connectivity index (χ0n) is 8.86. The van der Waals surface area contributed by atoms with Crippen molar-refractivity contribution < 1.29 is 4.79 Å². The van der Waals surface area contributed by atoms with Gasteiger partial charge in [-0.2, -0.15) is 0 Å². The molecular formula is C11H14ClNO. The lowest BCUT2D eigenvalue weighted by Gasteiger charge is -2.14. The number of hydrogen-bond donors (Lipinski definition) is 1. The van der Waals surface area contributed by atoms with Crippen molar-refractivity contribution in [3.63, 3.8) is 0 Å². The van der Waals surface area contributed by atoms with Gasteiger partial charge in [0.1, 0.15) is 0 Å². The first-order chi connectivity index (χ1) is 6.37. The predicted octanol–water partition coefficient (Wildman–Crippen LogP) is 3.05. The SMILES string of the molecule is CC(=O)c1c(C)c(Cl)c(C)c(C)c1N. The maximum atomic E-state index is 11.4. The summed E-state index contributed by atoms with van der Waals surface area (Å²) in [4.78, 5) is 11.4. The minimum absolute atomic E-state index is 0.0370. The molecule has 0 aliphatic heterocycles. The molecule has 0 atom stereocenters. The van der Waals surface area contributed by atoms with E-state index in [2.05, 4.69) is 0 Å². The van der Waals surface area contributed by atoms with Gasteiger partial charge in [-0.15, -0.1) is 0 Å².